The van der Waals surface area contributed by atoms with Crippen LogP contribution in [-0.2, 0) is 42.9 Å². The maximum atomic E-state index is 13.0. The van der Waals surface area contributed by atoms with E-state index < -0.39 is 59.6 Å². The number of carbonyl (C=O) groups is 5. The second kappa shape index (κ2) is 11.5. The molecule has 32 heavy (non-hydrogen) atoms. The highest BCUT2D eigenvalue weighted by molar-refractivity contribution is 5.96. The van der Waals surface area contributed by atoms with Crippen molar-refractivity contribution in [1.29, 1.82) is 0 Å². The Hall–Kier alpha value is -2.33. The Morgan fingerprint density at radius 3 is 2.00 bits per heavy atom. The summed E-state index contributed by atoms with van der Waals surface area (Å²) in [5.74, 6) is -2.96. The third-order valence-electron chi connectivity index (χ3n) is 5.30. The highest BCUT2D eigenvalue weighted by Gasteiger charge is 2.50. The lowest BCUT2D eigenvalue weighted by molar-refractivity contribution is -0.267. The number of hydrogen-bond donors (Lipinski definition) is 0. The van der Waals surface area contributed by atoms with E-state index in [0.717, 1.165) is 4.90 Å². The molecule has 1 aliphatic rings. The van der Waals surface area contributed by atoms with Crippen LogP contribution in [0, 0.1) is 11.3 Å². The van der Waals surface area contributed by atoms with E-state index in [-0.39, 0.29) is 25.2 Å². The number of esters is 2. The Morgan fingerprint density at radius 1 is 0.969 bits per heavy atom. The molecule has 5 atom stereocenters. The minimum absolute atomic E-state index is 0.0197. The lowest BCUT2D eigenvalue weighted by Gasteiger charge is -2.47. The van der Waals surface area contributed by atoms with Crippen molar-refractivity contribution >= 4 is 29.5 Å². The topological polar surface area (TPSA) is 126 Å². The maximum Gasteiger partial charge on any atom is 0.303 e. The lowest BCUT2D eigenvalue weighted by Crippen LogP contribution is -2.64. The van der Waals surface area contributed by atoms with E-state index in [2.05, 4.69) is 0 Å². The van der Waals surface area contributed by atoms with Crippen LogP contribution in [0.2, 0.25) is 0 Å². The standard InChI is InChI=1S/C22H35NO9/c1-12-19(23(13(2)24)18(28)10-9-17(27)22(5,6)7)21(29-8)32-16(11-30-14(3)25)20(12)31-15(4)26/h12,16,19-21H,9-11H2,1-8H3. The van der Waals surface area contributed by atoms with Crippen LogP contribution in [0.1, 0.15) is 61.3 Å². The van der Waals surface area contributed by atoms with Crippen molar-refractivity contribution in [2.75, 3.05) is 13.7 Å². The number of methoxy groups -OCH3 is 1. The van der Waals surface area contributed by atoms with Gasteiger partial charge < -0.3 is 18.9 Å². The quantitative estimate of drug-likeness (QED) is 0.500. The Morgan fingerprint density at radius 2 is 1.56 bits per heavy atom. The summed E-state index contributed by atoms with van der Waals surface area (Å²) in [5.41, 5.74) is -0.609. The van der Waals surface area contributed by atoms with Gasteiger partial charge in [-0.05, 0) is 0 Å². The van der Waals surface area contributed by atoms with Gasteiger partial charge in [0.2, 0.25) is 11.8 Å². The molecule has 10 nitrogen and oxygen atoms in total. The SMILES string of the molecule is COC1OC(COC(C)=O)C(OC(C)=O)C(C)C1N(C(C)=O)C(=O)CCC(=O)C(C)(C)C. The van der Waals surface area contributed by atoms with Gasteiger partial charge in [0.15, 0.2) is 6.29 Å². The predicted octanol–water partition coefficient (Wildman–Crippen LogP) is 1.63. The number of amides is 2. The molecule has 1 heterocycles. The van der Waals surface area contributed by atoms with E-state index in [1.54, 1.807) is 27.7 Å². The van der Waals surface area contributed by atoms with Gasteiger partial charge in [0.05, 0.1) is 6.04 Å². The molecular weight excluding hydrogens is 422 g/mol. The first-order valence-electron chi connectivity index (χ1n) is 10.6. The van der Waals surface area contributed by atoms with E-state index in [4.69, 9.17) is 18.9 Å². The van der Waals surface area contributed by atoms with Crippen molar-refractivity contribution in [2.24, 2.45) is 11.3 Å². The molecule has 0 N–H and O–H groups in total. The van der Waals surface area contributed by atoms with Gasteiger partial charge in [-0.15, -0.1) is 0 Å². The van der Waals surface area contributed by atoms with Gasteiger partial charge in [0.1, 0.15) is 24.6 Å². The van der Waals surface area contributed by atoms with Gasteiger partial charge in [-0.1, -0.05) is 27.7 Å². The van der Waals surface area contributed by atoms with Gasteiger partial charge in [0.25, 0.3) is 0 Å². The van der Waals surface area contributed by atoms with Crippen molar-refractivity contribution in [3.8, 4) is 0 Å². The zero-order valence-corrected chi connectivity index (χ0v) is 20.1. The van der Waals surface area contributed by atoms with Gasteiger partial charge in [-0.2, -0.15) is 0 Å². The van der Waals surface area contributed by atoms with Crippen LogP contribution in [0.25, 0.3) is 0 Å². The molecule has 0 bridgehead atoms. The van der Waals surface area contributed by atoms with Crippen LogP contribution in [0.4, 0.5) is 0 Å². The van der Waals surface area contributed by atoms with Crippen molar-refractivity contribution < 1.29 is 42.9 Å². The first-order chi connectivity index (χ1) is 14.7. The Kier molecular flexibility index (Phi) is 9.96. The van der Waals surface area contributed by atoms with Crippen LogP contribution in [0.3, 0.4) is 0 Å². The summed E-state index contributed by atoms with van der Waals surface area (Å²) in [4.78, 5) is 61.7. The number of ketones is 1. The largest absolute Gasteiger partial charge is 0.463 e. The summed E-state index contributed by atoms with van der Waals surface area (Å²) in [6.45, 7) is 10.5. The number of imide groups is 1. The summed E-state index contributed by atoms with van der Waals surface area (Å²) in [5, 5.41) is 0. The molecule has 0 saturated carbocycles. The van der Waals surface area contributed by atoms with Crippen molar-refractivity contribution in [2.45, 2.75) is 85.8 Å². The van der Waals surface area contributed by atoms with Crippen LogP contribution >= 0.6 is 0 Å². The summed E-state index contributed by atoms with van der Waals surface area (Å²) in [6, 6.07) is -0.923. The molecule has 0 aliphatic carbocycles. The average molecular weight is 458 g/mol. The molecule has 2 amide bonds. The van der Waals surface area contributed by atoms with Crippen LogP contribution in [-0.4, -0.2) is 72.7 Å². The molecule has 10 heteroatoms. The number of hydrogen-bond acceptors (Lipinski definition) is 9. The molecule has 0 aromatic heterocycles. The van der Waals surface area contributed by atoms with E-state index in [0.29, 0.717) is 0 Å². The second-order valence-corrected chi connectivity index (χ2v) is 8.96. The Bertz CT molecular complexity index is 727. The van der Waals surface area contributed by atoms with E-state index >= 15 is 0 Å². The monoisotopic (exact) mass is 457 g/mol. The van der Waals surface area contributed by atoms with E-state index in [9.17, 15) is 24.0 Å². The number of carbonyl (C=O) groups excluding carboxylic acids is 5. The third-order valence-corrected chi connectivity index (χ3v) is 5.30. The third kappa shape index (κ3) is 7.37. The minimum atomic E-state index is -1.05. The first kappa shape index (κ1) is 27.7. The predicted molar refractivity (Wildman–Crippen MR) is 112 cm³/mol. The average Bonchev–Trinajstić information content (AvgIpc) is 2.66. The highest BCUT2D eigenvalue weighted by Crippen LogP contribution is 2.33. The summed E-state index contributed by atoms with van der Waals surface area (Å²) in [6.07, 6.45) is -3.00. The van der Waals surface area contributed by atoms with Crippen molar-refractivity contribution in [3.05, 3.63) is 0 Å². The molecule has 0 aromatic carbocycles. The molecule has 0 aromatic rings. The molecule has 5 unspecified atom stereocenters. The van der Waals surface area contributed by atoms with E-state index in [1.807, 2.05) is 0 Å². The van der Waals surface area contributed by atoms with Crippen LogP contribution in [0.5, 0.6) is 0 Å². The zero-order valence-electron chi connectivity index (χ0n) is 20.1. The van der Waals surface area contributed by atoms with Gasteiger partial charge in [0, 0.05) is 52.1 Å². The summed E-state index contributed by atoms with van der Waals surface area (Å²) in [7, 11) is 1.35. The fraction of sp³-hybridized carbons (Fsp3) is 0.773. The van der Waals surface area contributed by atoms with Crippen LogP contribution < -0.4 is 0 Å². The number of Topliss-reactive ketones (excluding diaryl/α,β-unsaturated/α-hetero) is 1. The number of rotatable bonds is 8. The smallest absolute Gasteiger partial charge is 0.303 e. The molecule has 1 saturated heterocycles. The molecule has 0 spiro atoms. The first-order valence-corrected chi connectivity index (χ1v) is 10.6. The fourth-order valence-electron chi connectivity index (χ4n) is 3.64. The molecule has 1 fully saturated rings. The van der Waals surface area contributed by atoms with Crippen LogP contribution in [0.15, 0.2) is 0 Å². The van der Waals surface area contributed by atoms with E-state index in [1.165, 1.54) is 27.9 Å². The number of ether oxygens (including phenoxy) is 4. The second-order valence-electron chi connectivity index (χ2n) is 8.96. The van der Waals surface area contributed by atoms with Gasteiger partial charge in [-0.3, -0.25) is 28.9 Å². The molecule has 0 radical (unpaired) electrons. The Labute approximate surface area is 188 Å². The summed E-state index contributed by atoms with van der Waals surface area (Å²) < 4.78 is 21.7. The molecular formula is C22H35NO9. The lowest BCUT2D eigenvalue weighted by atomic mass is 9.86. The maximum absolute atomic E-state index is 13.0. The normalized spacial score (nSPS) is 25.6. The molecule has 1 aliphatic heterocycles. The molecule has 182 valence electrons. The zero-order chi connectivity index (χ0) is 24.8. The van der Waals surface area contributed by atoms with Crippen molar-refractivity contribution in [3.63, 3.8) is 0 Å². The summed E-state index contributed by atoms with van der Waals surface area (Å²) >= 11 is 0. The highest BCUT2D eigenvalue weighted by atomic mass is 16.7. The van der Waals surface area contributed by atoms with Gasteiger partial charge in [-0.25, -0.2) is 0 Å². The Balaban J connectivity index is 3.20. The number of nitrogens with zero attached hydrogens (tertiary/aromatic N) is 1. The van der Waals surface area contributed by atoms with Gasteiger partial charge >= 0.3 is 11.9 Å². The van der Waals surface area contributed by atoms with Crippen molar-refractivity contribution in [1.82, 2.24) is 4.90 Å². The molecule has 1 rings (SSSR count). The fourth-order valence-corrected chi connectivity index (χ4v) is 3.64. The minimum Gasteiger partial charge on any atom is -0.463 e.